The van der Waals surface area contributed by atoms with E-state index in [9.17, 15) is 4.79 Å². The van der Waals surface area contributed by atoms with Gasteiger partial charge in [-0.15, -0.1) is 0 Å². The van der Waals surface area contributed by atoms with Gasteiger partial charge in [-0.25, -0.2) is 4.98 Å². The van der Waals surface area contributed by atoms with Crippen LogP contribution in [0.4, 0.5) is 5.82 Å². The van der Waals surface area contributed by atoms with Crippen molar-refractivity contribution in [3.05, 3.63) is 32.8 Å². The third-order valence-electron chi connectivity index (χ3n) is 2.63. The van der Waals surface area contributed by atoms with Crippen molar-refractivity contribution in [2.45, 2.75) is 6.42 Å². The lowest BCUT2D eigenvalue weighted by molar-refractivity contribution is -0.117. The quantitative estimate of drug-likeness (QED) is 0.370. The third kappa shape index (κ3) is 2.85. The maximum Gasteiger partial charge on any atom is 0.228 e. The van der Waals surface area contributed by atoms with Crippen LogP contribution in [0.1, 0.15) is 6.42 Å². The van der Waals surface area contributed by atoms with Crippen LogP contribution in [0.2, 0.25) is 10.2 Å². The summed E-state index contributed by atoms with van der Waals surface area (Å²) in [6.45, 7) is 0.758. The van der Waals surface area contributed by atoms with Gasteiger partial charge in [0, 0.05) is 29.4 Å². The van der Waals surface area contributed by atoms with E-state index < -0.39 is 0 Å². The SMILES string of the molecule is [N-]=[N+]=NCC1CC(=O)N(c2cc(Cl)cc(Cl)n2)C1. The first-order chi connectivity index (χ1) is 8.60. The number of carbonyl (C=O) groups excluding carboxylic acids is 1. The predicted molar refractivity (Wildman–Crippen MR) is 68.7 cm³/mol. The van der Waals surface area contributed by atoms with E-state index in [1.165, 1.54) is 11.0 Å². The molecule has 0 N–H and O–H groups in total. The normalized spacial score (nSPS) is 18.9. The predicted octanol–water partition coefficient (Wildman–Crippen LogP) is 3.05. The molecule has 18 heavy (non-hydrogen) atoms. The molecule has 1 atom stereocenters. The number of azide groups is 1. The summed E-state index contributed by atoms with van der Waals surface area (Å²) in [6, 6.07) is 3.09. The van der Waals surface area contributed by atoms with E-state index in [1.54, 1.807) is 6.07 Å². The molecule has 1 aromatic rings. The van der Waals surface area contributed by atoms with Crippen molar-refractivity contribution < 1.29 is 4.79 Å². The van der Waals surface area contributed by atoms with E-state index in [1.807, 2.05) is 0 Å². The Morgan fingerprint density at radius 1 is 1.56 bits per heavy atom. The van der Waals surface area contributed by atoms with Crippen molar-refractivity contribution in [2.24, 2.45) is 11.0 Å². The summed E-state index contributed by atoms with van der Waals surface area (Å²) in [5, 5.41) is 4.15. The topological polar surface area (TPSA) is 82.0 Å². The maximum absolute atomic E-state index is 11.8. The number of hydrogen-bond donors (Lipinski definition) is 0. The number of hydrogen-bond acceptors (Lipinski definition) is 3. The Hall–Kier alpha value is -1.49. The van der Waals surface area contributed by atoms with Gasteiger partial charge in [0.05, 0.1) is 0 Å². The smallest absolute Gasteiger partial charge is 0.228 e. The van der Waals surface area contributed by atoms with Crippen molar-refractivity contribution in [1.82, 2.24) is 4.98 Å². The Labute approximate surface area is 113 Å². The molecule has 1 aliphatic heterocycles. The van der Waals surface area contributed by atoms with E-state index in [4.69, 9.17) is 28.7 Å². The average molecular weight is 286 g/mol. The number of aromatic nitrogens is 1. The molecule has 1 amide bonds. The largest absolute Gasteiger partial charge is 0.296 e. The van der Waals surface area contributed by atoms with Gasteiger partial charge in [-0.3, -0.25) is 9.69 Å². The molecule has 6 nitrogen and oxygen atoms in total. The van der Waals surface area contributed by atoms with Gasteiger partial charge in [0.1, 0.15) is 11.0 Å². The molecule has 0 bridgehead atoms. The lowest BCUT2D eigenvalue weighted by atomic mass is 10.1. The molecule has 1 saturated heterocycles. The zero-order valence-corrected chi connectivity index (χ0v) is 10.8. The van der Waals surface area contributed by atoms with Gasteiger partial charge < -0.3 is 0 Å². The number of anilines is 1. The van der Waals surface area contributed by atoms with Gasteiger partial charge in [0.25, 0.3) is 0 Å². The van der Waals surface area contributed by atoms with E-state index >= 15 is 0 Å². The molecule has 0 aromatic carbocycles. The number of nitrogens with zero attached hydrogens (tertiary/aromatic N) is 5. The third-order valence-corrected chi connectivity index (χ3v) is 3.04. The van der Waals surface area contributed by atoms with Crippen molar-refractivity contribution in [1.29, 1.82) is 0 Å². The zero-order valence-electron chi connectivity index (χ0n) is 9.25. The molecule has 2 rings (SSSR count). The second-order valence-electron chi connectivity index (χ2n) is 3.95. The van der Waals surface area contributed by atoms with Crippen LogP contribution in [-0.2, 0) is 4.79 Å². The minimum atomic E-state index is -0.0704. The van der Waals surface area contributed by atoms with Crippen LogP contribution in [0.25, 0.3) is 10.4 Å². The fourth-order valence-corrected chi connectivity index (χ4v) is 2.33. The lowest BCUT2D eigenvalue weighted by Gasteiger charge is -2.15. The first-order valence-electron chi connectivity index (χ1n) is 5.24. The fraction of sp³-hybridized carbons (Fsp3) is 0.400. The van der Waals surface area contributed by atoms with Crippen molar-refractivity contribution in [3.63, 3.8) is 0 Å². The van der Waals surface area contributed by atoms with Crippen LogP contribution in [0.5, 0.6) is 0 Å². The average Bonchev–Trinajstić information content (AvgIpc) is 2.66. The Bertz CT molecular complexity index is 509. The minimum absolute atomic E-state index is 0.00737. The number of carbonyl (C=O) groups is 1. The molecule has 94 valence electrons. The standard InChI is InChI=1S/C10H9Cl2N5O/c11-7-2-8(12)15-9(3-7)17-5-6(1-10(17)18)4-14-16-13/h2-3,6H,1,4-5H2. The fourth-order valence-electron chi connectivity index (χ4n) is 1.87. The van der Waals surface area contributed by atoms with Crippen LogP contribution in [-0.4, -0.2) is 24.0 Å². The van der Waals surface area contributed by atoms with Gasteiger partial charge in [0.15, 0.2) is 0 Å². The second kappa shape index (κ2) is 5.44. The molecule has 0 radical (unpaired) electrons. The molecule has 0 spiro atoms. The summed E-state index contributed by atoms with van der Waals surface area (Å²) in [5.74, 6) is 0.368. The van der Waals surface area contributed by atoms with Crippen LogP contribution >= 0.6 is 23.2 Å². The molecule has 2 heterocycles. The maximum atomic E-state index is 11.8. The van der Waals surface area contributed by atoms with E-state index in [0.717, 1.165) is 0 Å². The number of rotatable bonds is 3. The lowest BCUT2D eigenvalue weighted by Crippen LogP contribution is -2.25. The number of amides is 1. The molecular weight excluding hydrogens is 277 g/mol. The van der Waals surface area contributed by atoms with Crippen LogP contribution in [0.15, 0.2) is 17.2 Å². The summed E-state index contributed by atoms with van der Waals surface area (Å²) in [7, 11) is 0. The zero-order chi connectivity index (χ0) is 13.1. The van der Waals surface area contributed by atoms with Crippen molar-refractivity contribution in [2.75, 3.05) is 18.0 Å². The van der Waals surface area contributed by atoms with Crippen LogP contribution in [0.3, 0.4) is 0 Å². The summed E-state index contributed by atoms with van der Waals surface area (Å²) < 4.78 is 0. The molecule has 1 fully saturated rings. The molecule has 0 saturated carbocycles. The Morgan fingerprint density at radius 2 is 2.33 bits per heavy atom. The highest BCUT2D eigenvalue weighted by Crippen LogP contribution is 2.27. The first-order valence-corrected chi connectivity index (χ1v) is 6.00. The second-order valence-corrected chi connectivity index (χ2v) is 4.78. The molecule has 8 heteroatoms. The van der Waals surface area contributed by atoms with Gasteiger partial charge >= 0.3 is 0 Å². The van der Waals surface area contributed by atoms with Crippen LogP contribution < -0.4 is 4.90 Å². The summed E-state index contributed by atoms with van der Waals surface area (Å²) >= 11 is 11.7. The monoisotopic (exact) mass is 285 g/mol. The molecule has 1 aliphatic rings. The first kappa shape index (κ1) is 13.0. The summed E-state index contributed by atoms with van der Waals surface area (Å²) in [6.07, 6.45) is 0.338. The molecular formula is C10H9Cl2N5O. The van der Waals surface area contributed by atoms with E-state index in [2.05, 4.69) is 15.0 Å². The van der Waals surface area contributed by atoms with Crippen molar-refractivity contribution >= 4 is 34.9 Å². The highest BCUT2D eigenvalue weighted by molar-refractivity contribution is 6.34. The van der Waals surface area contributed by atoms with Gasteiger partial charge in [-0.05, 0) is 23.6 Å². The highest BCUT2D eigenvalue weighted by Gasteiger charge is 2.31. The molecule has 1 aromatic heterocycles. The Morgan fingerprint density at radius 3 is 3.00 bits per heavy atom. The van der Waals surface area contributed by atoms with Gasteiger partial charge in [-0.2, -0.15) is 0 Å². The van der Waals surface area contributed by atoms with E-state index in [0.29, 0.717) is 30.4 Å². The highest BCUT2D eigenvalue weighted by atomic mass is 35.5. The molecule has 1 unspecified atom stereocenters. The Balaban J connectivity index is 2.18. The summed E-state index contributed by atoms with van der Waals surface area (Å²) in [4.78, 5) is 20.1. The number of pyridine rings is 1. The minimum Gasteiger partial charge on any atom is -0.296 e. The van der Waals surface area contributed by atoms with E-state index in [-0.39, 0.29) is 17.0 Å². The Kier molecular flexibility index (Phi) is 3.91. The number of halogens is 2. The molecule has 0 aliphatic carbocycles. The van der Waals surface area contributed by atoms with Gasteiger partial charge in [0.2, 0.25) is 5.91 Å². The van der Waals surface area contributed by atoms with Crippen molar-refractivity contribution in [3.8, 4) is 0 Å². The van der Waals surface area contributed by atoms with Crippen LogP contribution in [0, 0.1) is 5.92 Å². The van der Waals surface area contributed by atoms with Gasteiger partial charge in [-0.1, -0.05) is 28.3 Å². The summed E-state index contributed by atoms with van der Waals surface area (Å²) in [5.41, 5.74) is 8.26.